The van der Waals surface area contributed by atoms with Crippen molar-refractivity contribution in [2.45, 2.75) is 18.8 Å². The number of carbonyl (C=O) groups excluding carboxylic acids is 1. The van der Waals surface area contributed by atoms with Crippen molar-refractivity contribution in [2.75, 3.05) is 0 Å². The number of carbonyl (C=O) groups is 1. The van der Waals surface area contributed by atoms with Crippen molar-refractivity contribution in [3.63, 3.8) is 0 Å². The fraction of sp³-hybridized carbons (Fsp3) is 0.103. The molecule has 0 saturated carbocycles. The number of amidine groups is 1. The fourth-order valence-electron chi connectivity index (χ4n) is 4.94. The molecule has 1 amide bonds. The molecule has 36 heavy (non-hydrogen) atoms. The molecule has 7 heteroatoms. The Hall–Kier alpha value is -4.36. The minimum Gasteiger partial charge on any atom is -0.384 e. The lowest BCUT2D eigenvalue weighted by molar-refractivity contribution is 0.0857. The Morgan fingerprint density at radius 3 is 2.17 bits per heavy atom. The number of benzene rings is 4. The van der Waals surface area contributed by atoms with Crippen LogP contribution in [-0.4, -0.2) is 11.7 Å². The first-order chi connectivity index (χ1) is 17.4. The number of nitrogen functional groups attached to an aromatic ring is 1. The lowest BCUT2D eigenvalue weighted by Gasteiger charge is -2.18. The molecule has 2 aliphatic heterocycles. The van der Waals surface area contributed by atoms with E-state index < -0.39 is 5.82 Å². The van der Waals surface area contributed by atoms with Crippen LogP contribution in [0.2, 0.25) is 0 Å². The monoisotopic (exact) mass is 481 g/mol. The first-order valence-electron chi connectivity index (χ1n) is 11.5. The van der Waals surface area contributed by atoms with Crippen LogP contribution >= 0.6 is 0 Å². The second-order valence-electron chi connectivity index (χ2n) is 8.99. The molecule has 4 aromatic carbocycles. The summed E-state index contributed by atoms with van der Waals surface area (Å²) in [6.07, 6.45) is -0.474. The van der Waals surface area contributed by atoms with Gasteiger partial charge in [-0.05, 0) is 69.8 Å². The van der Waals surface area contributed by atoms with Gasteiger partial charge in [-0.3, -0.25) is 10.2 Å². The normalized spacial score (nSPS) is 16.9. The maximum atomic E-state index is 14.3. The zero-order valence-electron chi connectivity index (χ0n) is 19.0. The van der Waals surface area contributed by atoms with Gasteiger partial charge in [-0.15, -0.1) is 0 Å². The van der Waals surface area contributed by atoms with E-state index >= 15 is 0 Å². The Bertz CT molecular complexity index is 1550. The number of fused-ring (bicyclic) bond motifs is 8. The van der Waals surface area contributed by atoms with Crippen molar-refractivity contribution >= 4 is 11.7 Å². The predicted molar refractivity (Wildman–Crippen MR) is 132 cm³/mol. The molecule has 2 bridgehead atoms. The number of rotatable bonds is 5. The third-order valence-electron chi connectivity index (χ3n) is 6.82. The van der Waals surface area contributed by atoms with Gasteiger partial charge in [-0.1, -0.05) is 42.5 Å². The number of hydrogen-bond donors (Lipinski definition) is 3. The van der Waals surface area contributed by atoms with Gasteiger partial charge >= 0.3 is 0 Å². The number of hydrogen-bond acceptors (Lipinski definition) is 3. The lowest BCUT2D eigenvalue weighted by Crippen LogP contribution is -2.24. The van der Waals surface area contributed by atoms with Crippen LogP contribution in [0.5, 0.6) is 0 Å². The van der Waals surface area contributed by atoms with Crippen LogP contribution in [0, 0.1) is 17.0 Å². The summed E-state index contributed by atoms with van der Waals surface area (Å²) in [5, 5.41) is 10.2. The number of amides is 1. The zero-order chi connectivity index (χ0) is 25.0. The molecule has 0 radical (unpaired) electrons. The van der Waals surface area contributed by atoms with Gasteiger partial charge in [-0.2, -0.15) is 0 Å². The molecule has 4 aromatic rings. The summed E-state index contributed by atoms with van der Waals surface area (Å²) < 4.78 is 33.9. The highest BCUT2D eigenvalue weighted by molar-refractivity contribution is 5.95. The minimum atomic E-state index is -0.531. The van der Waals surface area contributed by atoms with Gasteiger partial charge in [0, 0.05) is 23.2 Å². The summed E-state index contributed by atoms with van der Waals surface area (Å²) >= 11 is 0. The van der Waals surface area contributed by atoms with E-state index in [-0.39, 0.29) is 36.3 Å². The van der Waals surface area contributed by atoms with Gasteiger partial charge in [0.15, 0.2) is 0 Å². The second-order valence-corrected chi connectivity index (χ2v) is 8.99. The third-order valence-corrected chi connectivity index (χ3v) is 6.82. The minimum absolute atomic E-state index is 0.00630. The smallest absolute Gasteiger partial charge is 0.251 e. The SMILES string of the molecule is N=C(N)c1ccc(CNC(=O)c2ccc3c(c2)[C@@H]2O[C@H]3c3ccc(-c4ccc(F)cc4)cc32)c(F)c1. The maximum absolute atomic E-state index is 14.3. The van der Waals surface area contributed by atoms with E-state index in [9.17, 15) is 13.6 Å². The van der Waals surface area contributed by atoms with Gasteiger partial charge < -0.3 is 15.8 Å². The van der Waals surface area contributed by atoms with Gasteiger partial charge in [0.25, 0.3) is 5.91 Å². The molecule has 2 aliphatic rings. The van der Waals surface area contributed by atoms with E-state index in [1.165, 1.54) is 24.3 Å². The molecule has 2 heterocycles. The molecule has 0 spiro atoms. The zero-order valence-corrected chi connectivity index (χ0v) is 19.0. The van der Waals surface area contributed by atoms with E-state index in [1.807, 2.05) is 24.3 Å². The predicted octanol–water partition coefficient (Wildman–Crippen LogP) is 5.37. The van der Waals surface area contributed by atoms with Crippen LogP contribution in [0.3, 0.4) is 0 Å². The standard InChI is InChI=1S/C29H21F2N3O2/c30-20-7-3-15(4-8-20)16-5-9-21-23(11-16)27-24-12-18(6-10-22(24)26(21)36-27)29(35)34-14-19-2-1-17(28(32)33)13-25(19)31/h1-13,26-27H,14H2,(H3,32,33)(H,34,35)/t26-,27+/m0/s1. The molecule has 0 aromatic heterocycles. The Morgan fingerprint density at radius 2 is 1.44 bits per heavy atom. The number of ether oxygens (including phenoxy) is 1. The van der Waals surface area contributed by atoms with Crippen molar-refractivity contribution < 1.29 is 18.3 Å². The van der Waals surface area contributed by atoms with Crippen molar-refractivity contribution in [1.29, 1.82) is 5.41 Å². The highest BCUT2D eigenvalue weighted by atomic mass is 19.1. The maximum Gasteiger partial charge on any atom is 0.251 e. The highest BCUT2D eigenvalue weighted by Crippen LogP contribution is 2.54. The topological polar surface area (TPSA) is 88.2 Å². The molecule has 4 N–H and O–H groups in total. The fourth-order valence-corrected chi connectivity index (χ4v) is 4.94. The van der Waals surface area contributed by atoms with Crippen molar-refractivity contribution in [1.82, 2.24) is 5.32 Å². The Labute approximate surface area is 206 Å². The first-order valence-corrected chi connectivity index (χ1v) is 11.5. The number of nitrogens with one attached hydrogen (secondary N) is 2. The van der Waals surface area contributed by atoms with Crippen LogP contribution in [0.15, 0.2) is 78.9 Å². The largest absolute Gasteiger partial charge is 0.384 e. The molecule has 0 aliphatic carbocycles. The molecule has 0 saturated heterocycles. The molecule has 178 valence electrons. The van der Waals surface area contributed by atoms with E-state index in [1.54, 1.807) is 24.3 Å². The van der Waals surface area contributed by atoms with Crippen molar-refractivity contribution in [3.05, 3.63) is 129 Å². The Morgan fingerprint density at radius 1 is 0.806 bits per heavy atom. The number of halogens is 2. The number of nitrogens with two attached hydrogens (primary N) is 1. The molecular weight excluding hydrogens is 460 g/mol. The van der Waals surface area contributed by atoms with E-state index in [0.717, 1.165) is 33.4 Å². The van der Waals surface area contributed by atoms with Gasteiger partial charge in [-0.25, -0.2) is 8.78 Å². The van der Waals surface area contributed by atoms with E-state index in [4.69, 9.17) is 15.9 Å². The summed E-state index contributed by atoms with van der Waals surface area (Å²) in [4.78, 5) is 12.9. The highest BCUT2D eigenvalue weighted by Gasteiger charge is 2.43. The molecule has 0 unspecified atom stereocenters. The third kappa shape index (κ3) is 3.65. The average molecular weight is 482 g/mol. The molecule has 2 atom stereocenters. The van der Waals surface area contributed by atoms with Crippen LogP contribution < -0.4 is 11.1 Å². The molecule has 6 rings (SSSR count). The molecule has 5 nitrogen and oxygen atoms in total. The van der Waals surface area contributed by atoms with Crippen LogP contribution in [0.25, 0.3) is 11.1 Å². The summed E-state index contributed by atoms with van der Waals surface area (Å²) in [6.45, 7) is 0.00630. The second kappa shape index (κ2) is 8.39. The summed E-state index contributed by atoms with van der Waals surface area (Å²) in [6, 6.07) is 22.2. The first kappa shape index (κ1) is 22.1. The van der Waals surface area contributed by atoms with Crippen LogP contribution in [0.4, 0.5) is 8.78 Å². The van der Waals surface area contributed by atoms with Crippen molar-refractivity contribution in [3.8, 4) is 11.1 Å². The van der Waals surface area contributed by atoms with Gasteiger partial charge in [0.1, 0.15) is 29.7 Å². The molecule has 0 fully saturated rings. The Balaban J connectivity index is 1.23. The lowest BCUT2D eigenvalue weighted by atomic mass is 9.84. The summed E-state index contributed by atoms with van der Waals surface area (Å²) in [5.41, 5.74) is 12.4. The quantitative estimate of drug-likeness (QED) is 0.265. The van der Waals surface area contributed by atoms with E-state index in [0.29, 0.717) is 16.7 Å². The van der Waals surface area contributed by atoms with Gasteiger partial charge in [0.05, 0.1) is 0 Å². The van der Waals surface area contributed by atoms with E-state index in [2.05, 4.69) is 11.4 Å². The molecular formula is C29H21F2N3O2. The Kier molecular flexibility index (Phi) is 5.16. The van der Waals surface area contributed by atoms with Crippen LogP contribution in [0.1, 0.15) is 55.9 Å². The summed E-state index contributed by atoms with van der Waals surface area (Å²) in [5.74, 6) is -1.35. The van der Waals surface area contributed by atoms with Crippen molar-refractivity contribution in [2.24, 2.45) is 5.73 Å². The summed E-state index contributed by atoms with van der Waals surface area (Å²) in [7, 11) is 0. The average Bonchev–Trinajstić information content (AvgIpc) is 3.45. The van der Waals surface area contributed by atoms with Crippen LogP contribution in [-0.2, 0) is 11.3 Å². The van der Waals surface area contributed by atoms with Gasteiger partial charge in [0.2, 0.25) is 0 Å².